The Labute approximate surface area is 707 Å². The maximum Gasteiger partial charge on any atom is 2.00 e. The van der Waals surface area contributed by atoms with Crippen LogP contribution in [0.4, 0.5) is 0 Å². The molecule has 0 saturated carbocycles. The molecule has 0 spiro atoms. The summed E-state index contributed by atoms with van der Waals surface area (Å²) < 4.78 is 0. The van der Waals surface area contributed by atoms with E-state index in [1.165, 1.54) is 0 Å². The van der Waals surface area contributed by atoms with Gasteiger partial charge < -0.3 is 117 Å². The summed E-state index contributed by atoms with van der Waals surface area (Å²) >= 11 is 0. The van der Waals surface area contributed by atoms with Crippen molar-refractivity contribution in [1.82, 2.24) is 58.8 Å². The SMILES string of the molecule is CN(C)CCN(C)C.CN(C)CCN(C)C.CN(C)CCN(C)C.CN(C)CCN(C)C.CN(C)CCN(C)C.C[N-]CCN(C)C.C[N-]CCN(C)C.[I-].[I-].[Sr+2].[Sr+2].[Sr+2].[Sr+2].[c-]1ccccc1.[c-]1ccccc1.[c-]1ccccc1.[c-]1ccccc1. The van der Waals surface area contributed by atoms with Crippen molar-refractivity contribution in [3.05, 3.63) is 156 Å². The van der Waals surface area contributed by atoms with E-state index in [0.717, 1.165) is 91.6 Å². The van der Waals surface area contributed by atoms with E-state index in [1.54, 1.807) is 0 Å². The van der Waals surface area contributed by atoms with Gasteiger partial charge in [0.15, 0.2) is 0 Å². The molecule has 4 rings (SSSR count). The maximum absolute atomic E-state index is 3.93. The van der Waals surface area contributed by atoms with E-state index >= 15 is 0 Å². The van der Waals surface area contributed by atoms with E-state index in [1.807, 2.05) is 164 Å². The third kappa shape index (κ3) is 167. The van der Waals surface area contributed by atoms with Gasteiger partial charge in [-0.25, -0.2) is 0 Å². The van der Waals surface area contributed by atoms with E-state index in [9.17, 15) is 0 Å². The van der Waals surface area contributed by atoms with Crippen LogP contribution in [0.15, 0.2) is 121 Å². The normalized spacial score (nSPS) is 9.36. The zero-order valence-electron chi connectivity index (χ0n) is 59.3. The molecule has 20 heteroatoms. The molecule has 0 aliphatic carbocycles. The predicted molar refractivity (Wildman–Crippen MR) is 375 cm³/mol. The molecule has 4 aromatic rings. The van der Waals surface area contributed by atoms with Crippen molar-refractivity contribution in [3.63, 3.8) is 0 Å². The molecule has 0 unspecified atom stereocenters. The summed E-state index contributed by atoms with van der Waals surface area (Å²) in [7, 11) is 53.6. The number of halogens is 2. The second-order valence-corrected chi connectivity index (χ2v) is 21.0. The Bertz CT molecular complexity index is 1160. The maximum atomic E-state index is 3.93. The molecule has 0 atom stereocenters. The van der Waals surface area contributed by atoms with E-state index in [0.29, 0.717) is 0 Å². The molecule has 474 valence electrons. The number of likely N-dealkylation sites (N-methyl/N-ethyl adjacent to an activating group) is 14. The molecular weight excluding hydrogens is 1570 g/mol. The number of hydrogen-bond acceptors (Lipinski definition) is 12. The first kappa shape index (κ1) is 118. The van der Waals surface area contributed by atoms with Gasteiger partial charge in [0.25, 0.3) is 0 Å². The van der Waals surface area contributed by atoms with Crippen molar-refractivity contribution in [2.75, 3.05) is 275 Å². The van der Waals surface area contributed by atoms with Crippen LogP contribution >= 0.6 is 0 Å². The van der Waals surface area contributed by atoms with Crippen molar-refractivity contribution < 1.29 is 48.0 Å². The van der Waals surface area contributed by atoms with E-state index in [-0.39, 0.29) is 230 Å². The molecule has 4 aromatic carbocycles. The fourth-order valence-electron chi connectivity index (χ4n) is 3.97. The second-order valence-electron chi connectivity index (χ2n) is 21.0. The zero-order chi connectivity index (χ0) is 61.2. The average molecular weight is 1700 g/mol. The minimum Gasteiger partial charge on any atom is -1.00 e. The van der Waals surface area contributed by atoms with Gasteiger partial charge in [0.1, 0.15) is 0 Å². The molecule has 14 nitrogen and oxygen atoms in total. The molecule has 0 amide bonds. The molecular formula is C64H126I2N14Sr4. The monoisotopic (exact) mass is 1700 g/mol. The number of rotatable bonds is 21. The first-order chi connectivity index (χ1) is 36.7. The van der Waals surface area contributed by atoms with E-state index in [4.69, 9.17) is 0 Å². The van der Waals surface area contributed by atoms with Gasteiger partial charge in [-0.3, -0.25) is 0 Å². The van der Waals surface area contributed by atoms with Crippen molar-refractivity contribution >= 4 is 182 Å². The van der Waals surface area contributed by atoms with Gasteiger partial charge in [0.05, 0.1) is 0 Å². The molecule has 0 heterocycles. The molecule has 0 radical (unpaired) electrons. The summed E-state index contributed by atoms with van der Waals surface area (Å²) in [6.07, 6.45) is 0. The van der Waals surface area contributed by atoms with Crippen LogP contribution in [0.1, 0.15) is 0 Å². The van der Waals surface area contributed by atoms with E-state index in [2.05, 4.69) is 235 Å². The van der Waals surface area contributed by atoms with Crippen LogP contribution in [0.2, 0.25) is 0 Å². The van der Waals surface area contributed by atoms with Crippen LogP contribution in [0.5, 0.6) is 0 Å². The predicted octanol–water partition coefficient (Wildman–Crippen LogP) is 0.0830. The van der Waals surface area contributed by atoms with Gasteiger partial charge in [-0.15, -0.1) is 13.1 Å². The van der Waals surface area contributed by atoms with Crippen molar-refractivity contribution in [1.29, 1.82) is 0 Å². The number of hydrogen-bond donors (Lipinski definition) is 0. The summed E-state index contributed by atoms with van der Waals surface area (Å²) in [6, 6.07) is 50.0. The Morgan fingerprint density at radius 3 is 0.345 bits per heavy atom. The van der Waals surface area contributed by atoms with Crippen molar-refractivity contribution in [3.8, 4) is 0 Å². The van der Waals surface area contributed by atoms with Crippen LogP contribution in [0, 0.1) is 24.3 Å². The van der Waals surface area contributed by atoms with Gasteiger partial charge in [-0.05, 0) is 182 Å². The summed E-state index contributed by atoms with van der Waals surface area (Å²) in [5.74, 6) is 0. The van der Waals surface area contributed by atoms with Gasteiger partial charge in [0.2, 0.25) is 0 Å². The van der Waals surface area contributed by atoms with Crippen molar-refractivity contribution in [2.45, 2.75) is 0 Å². The van der Waals surface area contributed by atoms with Gasteiger partial charge in [-0.1, -0.05) is 0 Å². The first-order valence-electron chi connectivity index (χ1n) is 27.2. The Hall–Kier alpha value is 3.70. The number of nitrogens with zero attached hydrogens (tertiary/aromatic N) is 14. The average Bonchev–Trinajstić information content (AvgIpc) is 3.40. The van der Waals surface area contributed by atoms with Crippen LogP contribution in [-0.4, -0.2) is 516 Å². The Balaban J connectivity index is -0.0000000596. The van der Waals surface area contributed by atoms with Crippen molar-refractivity contribution in [2.24, 2.45) is 0 Å². The molecule has 84 heavy (non-hydrogen) atoms. The molecule has 0 bridgehead atoms. The van der Waals surface area contributed by atoms with Crippen LogP contribution < -0.4 is 48.0 Å². The Kier molecular flexibility index (Phi) is 141. The quantitative estimate of drug-likeness (QED) is 0.0647. The Morgan fingerprint density at radius 1 is 0.202 bits per heavy atom. The van der Waals surface area contributed by atoms with Gasteiger partial charge in [-0.2, -0.15) is 160 Å². The fraction of sp³-hybridized carbons (Fsp3) is 0.625. The topological polar surface area (TPSA) is 67.1 Å². The molecule has 0 fully saturated rings. The molecule has 0 N–H and O–H groups in total. The first-order valence-corrected chi connectivity index (χ1v) is 27.2. The van der Waals surface area contributed by atoms with E-state index < -0.39 is 0 Å². The molecule has 0 saturated heterocycles. The van der Waals surface area contributed by atoms with Crippen LogP contribution in [0.3, 0.4) is 0 Å². The second kappa shape index (κ2) is 100. The summed E-state index contributed by atoms with van der Waals surface area (Å²) in [5.41, 5.74) is 0. The largest absolute Gasteiger partial charge is 2.00 e. The minimum absolute atomic E-state index is 0. The van der Waals surface area contributed by atoms with Crippen LogP contribution in [0.25, 0.3) is 10.6 Å². The summed E-state index contributed by atoms with van der Waals surface area (Å²) in [5, 5.41) is 7.87. The summed E-state index contributed by atoms with van der Waals surface area (Å²) in [4.78, 5) is 26.0. The van der Waals surface area contributed by atoms with Gasteiger partial charge >= 0.3 is 182 Å². The smallest absolute Gasteiger partial charge is 1.00 e. The molecule has 0 aliphatic rings. The molecule has 0 aromatic heterocycles. The third-order valence-corrected chi connectivity index (χ3v) is 8.94. The van der Waals surface area contributed by atoms with Gasteiger partial charge in [0, 0.05) is 65.4 Å². The Morgan fingerprint density at radius 2 is 0.310 bits per heavy atom. The standard InChI is InChI=1S/5C6H16N2.4C6H5.2C5H13N2.2HI.4Sr/c5*1-7(2)5-6-8(3)4;4*1-2-4-6-5-3-1;2*1-6-4-5-7(2)3;;;;;;/h5*5-6H2,1-4H3;4*1-5H;2*4-5H2,1-3H3;2*1H;;;;/q;;;;;6*-1;;;4*+2/p-2. The third-order valence-electron chi connectivity index (χ3n) is 8.94. The fourth-order valence-corrected chi connectivity index (χ4v) is 3.97. The van der Waals surface area contributed by atoms with Crippen LogP contribution in [-0.2, 0) is 0 Å². The molecule has 0 aliphatic heterocycles. The number of benzene rings is 4. The zero-order valence-corrected chi connectivity index (χ0v) is 77.5. The summed E-state index contributed by atoms with van der Waals surface area (Å²) in [6.45, 7) is 15.5. The minimum atomic E-state index is 0.